The Hall–Kier alpha value is -2.13. The SMILES string of the molecule is O=C(NCC12CC(CN1Cc1ccccc1)C2)c1ccccc1. The maximum Gasteiger partial charge on any atom is 0.251 e. The molecule has 0 spiro atoms. The third-order valence-electron chi connectivity index (χ3n) is 5.32. The second-order valence-electron chi connectivity index (χ2n) is 6.91. The zero-order valence-electron chi connectivity index (χ0n) is 13.2. The molecule has 1 N–H and O–H groups in total. The Labute approximate surface area is 137 Å². The van der Waals surface area contributed by atoms with E-state index in [1.54, 1.807) is 0 Å². The van der Waals surface area contributed by atoms with E-state index < -0.39 is 0 Å². The van der Waals surface area contributed by atoms with Gasteiger partial charge in [0.1, 0.15) is 0 Å². The Balaban J connectivity index is 1.41. The van der Waals surface area contributed by atoms with Crippen molar-refractivity contribution in [2.45, 2.75) is 24.9 Å². The maximum atomic E-state index is 12.3. The van der Waals surface area contributed by atoms with Crippen molar-refractivity contribution in [3.8, 4) is 0 Å². The van der Waals surface area contributed by atoms with Crippen LogP contribution in [0.2, 0.25) is 0 Å². The molecule has 3 nitrogen and oxygen atoms in total. The topological polar surface area (TPSA) is 32.3 Å². The smallest absolute Gasteiger partial charge is 0.251 e. The summed E-state index contributed by atoms with van der Waals surface area (Å²) < 4.78 is 0. The van der Waals surface area contributed by atoms with Crippen LogP contribution >= 0.6 is 0 Å². The predicted molar refractivity (Wildman–Crippen MR) is 91.1 cm³/mol. The number of amides is 1. The quantitative estimate of drug-likeness (QED) is 0.920. The third kappa shape index (κ3) is 2.77. The molecule has 23 heavy (non-hydrogen) atoms. The predicted octanol–water partition coefficient (Wildman–Crippen LogP) is 3.08. The van der Waals surface area contributed by atoms with Gasteiger partial charge in [-0.05, 0) is 36.5 Å². The van der Waals surface area contributed by atoms with Crippen LogP contribution in [0.3, 0.4) is 0 Å². The minimum Gasteiger partial charge on any atom is -0.350 e. The molecule has 0 aromatic heterocycles. The molecule has 2 aliphatic heterocycles. The molecule has 5 rings (SSSR count). The molecular weight excluding hydrogens is 284 g/mol. The molecule has 2 aromatic rings. The van der Waals surface area contributed by atoms with E-state index in [9.17, 15) is 4.79 Å². The van der Waals surface area contributed by atoms with Gasteiger partial charge in [0, 0.05) is 30.7 Å². The molecule has 3 heteroatoms. The normalized spacial score (nSPS) is 25.8. The molecule has 3 aliphatic rings. The van der Waals surface area contributed by atoms with E-state index in [1.165, 1.54) is 18.4 Å². The lowest BCUT2D eigenvalue weighted by Crippen LogP contribution is -2.53. The van der Waals surface area contributed by atoms with Crippen LogP contribution in [0.1, 0.15) is 28.8 Å². The molecule has 2 saturated heterocycles. The van der Waals surface area contributed by atoms with Crippen molar-refractivity contribution in [3.05, 3.63) is 71.8 Å². The second-order valence-corrected chi connectivity index (χ2v) is 6.91. The molecule has 1 aliphatic carbocycles. The summed E-state index contributed by atoms with van der Waals surface area (Å²) in [5, 5.41) is 3.15. The fraction of sp³-hybridized carbons (Fsp3) is 0.350. The zero-order chi connectivity index (χ0) is 15.7. The van der Waals surface area contributed by atoms with Crippen LogP contribution in [0.25, 0.3) is 0 Å². The van der Waals surface area contributed by atoms with Gasteiger partial charge in [-0.3, -0.25) is 9.69 Å². The second kappa shape index (κ2) is 5.82. The van der Waals surface area contributed by atoms with Crippen molar-refractivity contribution in [3.63, 3.8) is 0 Å². The van der Waals surface area contributed by atoms with E-state index in [1.807, 2.05) is 30.3 Å². The molecule has 0 unspecified atom stereocenters. The van der Waals surface area contributed by atoms with Gasteiger partial charge in [0.25, 0.3) is 5.91 Å². The zero-order valence-corrected chi connectivity index (χ0v) is 13.2. The van der Waals surface area contributed by atoms with Crippen molar-refractivity contribution < 1.29 is 4.79 Å². The number of nitrogens with zero attached hydrogens (tertiary/aromatic N) is 1. The highest BCUT2D eigenvalue weighted by Gasteiger charge is 2.55. The van der Waals surface area contributed by atoms with Crippen LogP contribution in [-0.4, -0.2) is 29.4 Å². The van der Waals surface area contributed by atoms with Crippen LogP contribution in [0.4, 0.5) is 0 Å². The highest BCUT2D eigenvalue weighted by Crippen LogP contribution is 2.50. The first-order valence-electron chi connectivity index (χ1n) is 8.37. The summed E-state index contributed by atoms with van der Waals surface area (Å²) in [6.07, 6.45) is 2.43. The van der Waals surface area contributed by atoms with Gasteiger partial charge < -0.3 is 5.32 Å². The Bertz CT molecular complexity index is 677. The number of rotatable bonds is 5. The maximum absolute atomic E-state index is 12.3. The lowest BCUT2D eigenvalue weighted by atomic mass is 9.73. The van der Waals surface area contributed by atoms with Crippen LogP contribution < -0.4 is 5.32 Å². The van der Waals surface area contributed by atoms with Gasteiger partial charge in [0.2, 0.25) is 0 Å². The molecule has 0 atom stereocenters. The van der Waals surface area contributed by atoms with E-state index in [0.717, 1.165) is 31.1 Å². The molecule has 2 bridgehead atoms. The first-order valence-corrected chi connectivity index (χ1v) is 8.37. The first-order chi connectivity index (χ1) is 11.3. The summed E-state index contributed by atoms with van der Waals surface area (Å²) in [7, 11) is 0. The van der Waals surface area contributed by atoms with Crippen molar-refractivity contribution in [2.75, 3.05) is 13.1 Å². The number of carbonyl (C=O) groups is 1. The summed E-state index contributed by atoms with van der Waals surface area (Å²) in [5.41, 5.74) is 2.27. The minimum atomic E-state index is 0.0370. The molecule has 118 valence electrons. The summed E-state index contributed by atoms with van der Waals surface area (Å²) >= 11 is 0. The fourth-order valence-electron chi connectivity index (χ4n) is 4.14. The molecule has 1 amide bonds. The van der Waals surface area contributed by atoms with Gasteiger partial charge >= 0.3 is 0 Å². The van der Waals surface area contributed by atoms with Crippen LogP contribution in [-0.2, 0) is 6.54 Å². The van der Waals surface area contributed by atoms with E-state index in [-0.39, 0.29) is 11.4 Å². The van der Waals surface area contributed by atoms with E-state index in [2.05, 4.69) is 40.5 Å². The summed E-state index contributed by atoms with van der Waals surface area (Å²) in [4.78, 5) is 14.9. The van der Waals surface area contributed by atoms with Crippen molar-refractivity contribution in [2.24, 2.45) is 5.92 Å². The van der Waals surface area contributed by atoms with Gasteiger partial charge in [-0.2, -0.15) is 0 Å². The van der Waals surface area contributed by atoms with Crippen molar-refractivity contribution in [1.29, 1.82) is 0 Å². The third-order valence-corrected chi connectivity index (χ3v) is 5.32. The Morgan fingerprint density at radius 3 is 2.39 bits per heavy atom. The van der Waals surface area contributed by atoms with E-state index >= 15 is 0 Å². The largest absolute Gasteiger partial charge is 0.350 e. The number of nitrogens with one attached hydrogen (secondary N) is 1. The molecular formula is C20H22N2O. The molecule has 1 saturated carbocycles. The van der Waals surface area contributed by atoms with Crippen molar-refractivity contribution in [1.82, 2.24) is 10.2 Å². The molecule has 2 heterocycles. The average molecular weight is 306 g/mol. The van der Waals surface area contributed by atoms with E-state index in [0.29, 0.717) is 0 Å². The lowest BCUT2D eigenvalue weighted by molar-refractivity contribution is 0.0798. The van der Waals surface area contributed by atoms with Crippen LogP contribution in [0.15, 0.2) is 60.7 Å². The number of hydrogen-bond donors (Lipinski definition) is 1. The fourth-order valence-corrected chi connectivity index (χ4v) is 4.14. The Morgan fingerprint density at radius 2 is 1.70 bits per heavy atom. The van der Waals surface area contributed by atoms with Gasteiger partial charge in [-0.1, -0.05) is 48.5 Å². The Kier molecular flexibility index (Phi) is 3.66. The first kappa shape index (κ1) is 14.5. The number of benzene rings is 2. The number of carbonyl (C=O) groups excluding carboxylic acids is 1. The van der Waals surface area contributed by atoms with Crippen molar-refractivity contribution >= 4 is 5.91 Å². The Morgan fingerprint density at radius 1 is 1.04 bits per heavy atom. The van der Waals surface area contributed by atoms with Gasteiger partial charge in [-0.25, -0.2) is 0 Å². The number of hydrogen-bond acceptors (Lipinski definition) is 2. The summed E-state index contributed by atoms with van der Waals surface area (Å²) in [6.45, 7) is 2.90. The lowest BCUT2D eigenvalue weighted by Gasteiger charge is -2.42. The average Bonchev–Trinajstić information content (AvgIpc) is 3.08. The number of fused-ring (bicyclic) bond motifs is 1. The summed E-state index contributed by atoms with van der Waals surface area (Å²) in [5.74, 6) is 0.849. The van der Waals surface area contributed by atoms with Gasteiger partial charge in [-0.15, -0.1) is 0 Å². The standard InChI is InChI=1S/C20H22N2O/c23-19(18-9-5-2-6-10-18)21-15-20-11-17(12-20)14-22(20)13-16-7-3-1-4-8-16/h1-10,17H,11-15H2,(H,21,23). The molecule has 2 aromatic carbocycles. The van der Waals surface area contributed by atoms with Gasteiger partial charge in [0.15, 0.2) is 0 Å². The molecule has 0 radical (unpaired) electrons. The van der Waals surface area contributed by atoms with Gasteiger partial charge in [0.05, 0.1) is 0 Å². The molecule has 3 fully saturated rings. The minimum absolute atomic E-state index is 0.0370. The highest BCUT2D eigenvalue weighted by atomic mass is 16.1. The van der Waals surface area contributed by atoms with E-state index in [4.69, 9.17) is 0 Å². The highest BCUT2D eigenvalue weighted by molar-refractivity contribution is 5.94. The monoisotopic (exact) mass is 306 g/mol. The van der Waals surface area contributed by atoms with Crippen LogP contribution in [0, 0.1) is 5.92 Å². The summed E-state index contributed by atoms with van der Waals surface area (Å²) in [6, 6.07) is 20.1. The van der Waals surface area contributed by atoms with Crippen LogP contribution in [0.5, 0.6) is 0 Å².